The van der Waals surface area contributed by atoms with E-state index in [1.165, 1.54) is 0 Å². The van der Waals surface area contributed by atoms with Gasteiger partial charge in [-0.1, -0.05) is 30.4 Å². The van der Waals surface area contributed by atoms with Crippen molar-refractivity contribution in [2.75, 3.05) is 37.1 Å². The van der Waals surface area contributed by atoms with Crippen molar-refractivity contribution in [3.63, 3.8) is 0 Å². The third-order valence-electron chi connectivity index (χ3n) is 6.52. The molecule has 2 N–H and O–H groups in total. The lowest BCUT2D eigenvalue weighted by Crippen LogP contribution is -2.43. The van der Waals surface area contributed by atoms with Gasteiger partial charge in [-0.05, 0) is 86.8 Å². The summed E-state index contributed by atoms with van der Waals surface area (Å²) >= 11 is 0. The summed E-state index contributed by atoms with van der Waals surface area (Å²) in [6.07, 6.45) is 0.618. The normalized spacial score (nSPS) is 12.7. The predicted octanol–water partition coefficient (Wildman–Crippen LogP) is 5.98. The number of ether oxygens (including phenoxy) is 3. The maximum Gasteiger partial charge on any atom is 0.319 e. The largest absolute Gasteiger partial charge is 0.497 e. The van der Waals surface area contributed by atoms with Crippen molar-refractivity contribution in [1.82, 2.24) is 5.32 Å². The van der Waals surface area contributed by atoms with Crippen LogP contribution in [0.2, 0.25) is 0 Å². The molecule has 8 heteroatoms. The summed E-state index contributed by atoms with van der Waals surface area (Å²) in [7, 11) is 1.62. The van der Waals surface area contributed by atoms with Gasteiger partial charge in [-0.2, -0.15) is 0 Å². The molecule has 3 aromatic rings. The number of urea groups is 1. The lowest BCUT2D eigenvalue weighted by atomic mass is 9.92. The van der Waals surface area contributed by atoms with Crippen LogP contribution in [0, 0.1) is 0 Å². The van der Waals surface area contributed by atoms with Gasteiger partial charge in [0.2, 0.25) is 0 Å². The van der Waals surface area contributed by atoms with E-state index in [0.717, 1.165) is 28.2 Å². The molecule has 39 heavy (non-hydrogen) atoms. The molecule has 0 aromatic heterocycles. The molecule has 0 saturated carbocycles. The van der Waals surface area contributed by atoms with Gasteiger partial charge in [0.25, 0.3) is 5.91 Å². The number of nitrogens with one attached hydrogen (secondary N) is 2. The number of amides is 3. The van der Waals surface area contributed by atoms with E-state index in [2.05, 4.69) is 17.2 Å². The summed E-state index contributed by atoms with van der Waals surface area (Å²) in [5.74, 6) is 1.94. The monoisotopic (exact) mass is 529 g/mol. The summed E-state index contributed by atoms with van der Waals surface area (Å²) in [5.41, 5.74) is 3.48. The summed E-state index contributed by atoms with van der Waals surface area (Å²) in [6.45, 7) is 10.7. The Morgan fingerprint density at radius 1 is 1.08 bits per heavy atom. The Balaban J connectivity index is 1.38. The number of nitrogens with zero attached hydrogens (tertiary/aromatic N) is 1. The third kappa shape index (κ3) is 6.90. The SMILES string of the molecule is C=C(C)c1cccc(C(C)(C)NC(=O)Nc2ccc3c(c2)N(CCCOc2ccc(OC)cc2)C(=O)CO3)c1. The molecule has 0 fully saturated rings. The number of carbonyl (C=O) groups excluding carboxylic acids is 2. The van der Waals surface area contributed by atoms with E-state index in [9.17, 15) is 9.59 Å². The number of allylic oxidation sites excluding steroid dienone is 1. The molecule has 1 aliphatic heterocycles. The molecule has 3 aromatic carbocycles. The van der Waals surface area contributed by atoms with Gasteiger partial charge < -0.3 is 29.7 Å². The first-order chi connectivity index (χ1) is 18.7. The van der Waals surface area contributed by atoms with Gasteiger partial charge in [0.15, 0.2) is 6.61 Å². The maximum absolute atomic E-state index is 12.9. The van der Waals surface area contributed by atoms with E-state index in [-0.39, 0.29) is 18.5 Å². The number of carbonyl (C=O) groups is 2. The van der Waals surface area contributed by atoms with Crippen LogP contribution >= 0.6 is 0 Å². The second-order valence-electron chi connectivity index (χ2n) is 9.96. The molecule has 1 aliphatic rings. The van der Waals surface area contributed by atoms with E-state index in [0.29, 0.717) is 36.7 Å². The van der Waals surface area contributed by atoms with Crippen LogP contribution in [0.1, 0.15) is 38.3 Å². The van der Waals surface area contributed by atoms with Crippen molar-refractivity contribution >= 4 is 28.9 Å². The summed E-state index contributed by atoms with van der Waals surface area (Å²) in [4.78, 5) is 27.3. The van der Waals surface area contributed by atoms with Gasteiger partial charge in [0, 0.05) is 12.2 Å². The first-order valence-electron chi connectivity index (χ1n) is 12.9. The van der Waals surface area contributed by atoms with Gasteiger partial charge in [0.1, 0.15) is 17.2 Å². The molecular formula is C31H35N3O5. The van der Waals surface area contributed by atoms with Crippen LogP contribution in [0.4, 0.5) is 16.2 Å². The van der Waals surface area contributed by atoms with Crippen molar-refractivity contribution in [2.24, 2.45) is 0 Å². The zero-order valence-corrected chi connectivity index (χ0v) is 22.9. The quantitative estimate of drug-likeness (QED) is 0.316. The van der Waals surface area contributed by atoms with Gasteiger partial charge in [-0.25, -0.2) is 4.79 Å². The third-order valence-corrected chi connectivity index (χ3v) is 6.52. The van der Waals surface area contributed by atoms with E-state index >= 15 is 0 Å². The molecule has 0 saturated heterocycles. The van der Waals surface area contributed by atoms with Gasteiger partial charge >= 0.3 is 6.03 Å². The van der Waals surface area contributed by atoms with Crippen LogP contribution in [0.5, 0.6) is 17.2 Å². The Hall–Kier alpha value is -4.46. The highest BCUT2D eigenvalue weighted by Crippen LogP contribution is 2.35. The highest BCUT2D eigenvalue weighted by atomic mass is 16.5. The van der Waals surface area contributed by atoms with Gasteiger partial charge in [0.05, 0.1) is 24.9 Å². The number of anilines is 2. The van der Waals surface area contributed by atoms with E-state index in [4.69, 9.17) is 14.2 Å². The Labute approximate surface area is 229 Å². The number of rotatable bonds is 10. The number of hydrogen-bond acceptors (Lipinski definition) is 5. The molecule has 204 valence electrons. The molecule has 0 spiro atoms. The van der Waals surface area contributed by atoms with Gasteiger partial charge in [-0.3, -0.25) is 4.79 Å². The zero-order valence-electron chi connectivity index (χ0n) is 22.9. The van der Waals surface area contributed by atoms with Crippen molar-refractivity contribution < 1.29 is 23.8 Å². The number of methoxy groups -OCH3 is 1. The highest BCUT2D eigenvalue weighted by Gasteiger charge is 2.27. The Bertz CT molecular complexity index is 1350. The molecule has 0 unspecified atom stereocenters. The number of fused-ring (bicyclic) bond motifs is 1. The van der Waals surface area contributed by atoms with Crippen molar-refractivity contribution in [3.8, 4) is 17.2 Å². The first-order valence-corrected chi connectivity index (χ1v) is 12.9. The standard InChI is InChI=1S/C31H35N3O5/c1-21(2)22-8-6-9-23(18-22)31(3,4)33-30(36)32-24-10-15-28-27(19-24)34(29(35)20-39-28)16-7-17-38-26-13-11-25(37-5)12-14-26/h6,8-15,18-19H,1,7,16-17,20H2,2-5H3,(H2,32,33,36). The zero-order chi connectivity index (χ0) is 28.0. The molecule has 0 radical (unpaired) electrons. The van der Waals surface area contributed by atoms with Crippen LogP contribution < -0.4 is 29.7 Å². The average molecular weight is 530 g/mol. The summed E-state index contributed by atoms with van der Waals surface area (Å²) in [5, 5.41) is 5.93. The van der Waals surface area contributed by atoms with E-state index in [1.807, 2.05) is 69.3 Å². The summed E-state index contributed by atoms with van der Waals surface area (Å²) in [6, 6.07) is 20.2. The minimum absolute atomic E-state index is 0.0307. The Morgan fingerprint density at radius 3 is 2.54 bits per heavy atom. The number of benzene rings is 3. The Kier molecular flexibility index (Phi) is 8.44. The fourth-order valence-electron chi connectivity index (χ4n) is 4.30. The lowest BCUT2D eigenvalue weighted by molar-refractivity contribution is -0.121. The molecule has 4 rings (SSSR count). The van der Waals surface area contributed by atoms with Crippen LogP contribution in [0.3, 0.4) is 0 Å². The van der Waals surface area contributed by atoms with E-state index in [1.54, 1.807) is 30.2 Å². The smallest absolute Gasteiger partial charge is 0.319 e. The Morgan fingerprint density at radius 2 is 1.82 bits per heavy atom. The minimum Gasteiger partial charge on any atom is -0.497 e. The van der Waals surface area contributed by atoms with Gasteiger partial charge in [-0.15, -0.1) is 0 Å². The first kappa shape index (κ1) is 27.6. The average Bonchev–Trinajstić information content (AvgIpc) is 2.92. The maximum atomic E-state index is 12.9. The molecule has 0 aliphatic carbocycles. The van der Waals surface area contributed by atoms with E-state index < -0.39 is 5.54 Å². The molecule has 8 nitrogen and oxygen atoms in total. The van der Waals surface area contributed by atoms with Crippen molar-refractivity contribution in [3.05, 3.63) is 84.4 Å². The fraction of sp³-hybridized carbons (Fsp3) is 0.290. The van der Waals surface area contributed by atoms with Crippen LogP contribution in [0.15, 0.2) is 73.3 Å². The summed E-state index contributed by atoms with van der Waals surface area (Å²) < 4.78 is 16.6. The van der Waals surface area contributed by atoms with Crippen LogP contribution in [-0.4, -0.2) is 38.8 Å². The predicted molar refractivity (Wildman–Crippen MR) is 154 cm³/mol. The lowest BCUT2D eigenvalue weighted by Gasteiger charge is -2.30. The molecule has 0 bridgehead atoms. The highest BCUT2D eigenvalue weighted by molar-refractivity contribution is 5.99. The molecule has 3 amide bonds. The van der Waals surface area contributed by atoms with Crippen molar-refractivity contribution in [1.29, 1.82) is 0 Å². The molecule has 0 atom stereocenters. The second-order valence-corrected chi connectivity index (χ2v) is 9.96. The topological polar surface area (TPSA) is 89.1 Å². The van der Waals surface area contributed by atoms with Crippen LogP contribution in [0.25, 0.3) is 5.57 Å². The number of hydrogen-bond donors (Lipinski definition) is 2. The molecular weight excluding hydrogens is 494 g/mol. The minimum atomic E-state index is -0.626. The fourth-order valence-corrected chi connectivity index (χ4v) is 4.30. The second kappa shape index (κ2) is 11.9. The van der Waals surface area contributed by atoms with Crippen molar-refractivity contribution in [2.45, 2.75) is 32.7 Å². The van der Waals surface area contributed by atoms with Crippen LogP contribution in [-0.2, 0) is 10.3 Å². The molecule has 1 heterocycles.